The Bertz CT molecular complexity index is 823. The summed E-state index contributed by atoms with van der Waals surface area (Å²) in [6, 6.07) is 11.3. The number of carbonyl (C=O) groups excluding carboxylic acids is 2. The zero-order chi connectivity index (χ0) is 18.5. The molecule has 0 saturated heterocycles. The van der Waals surface area contributed by atoms with Crippen LogP contribution in [0.1, 0.15) is 33.6 Å². The summed E-state index contributed by atoms with van der Waals surface area (Å²) >= 11 is 1.46. The summed E-state index contributed by atoms with van der Waals surface area (Å²) in [6.45, 7) is 0.365. The zero-order valence-electron chi connectivity index (χ0n) is 13.8. The van der Waals surface area contributed by atoms with E-state index in [4.69, 9.17) is 0 Å². The predicted molar refractivity (Wildman–Crippen MR) is 99.1 cm³/mol. The SMILES string of the molecule is O=Nc1cc(N=O)cc(SCCCCN2C(=O)c3ccccc3C2=O)c1. The molecule has 1 aliphatic heterocycles. The van der Waals surface area contributed by atoms with Crippen molar-refractivity contribution in [3.05, 3.63) is 63.4 Å². The third-order valence-electron chi connectivity index (χ3n) is 4.01. The highest BCUT2D eigenvalue weighted by atomic mass is 32.2. The van der Waals surface area contributed by atoms with Gasteiger partial charge in [0, 0.05) is 11.4 Å². The van der Waals surface area contributed by atoms with Crippen LogP contribution in [-0.4, -0.2) is 29.0 Å². The van der Waals surface area contributed by atoms with Crippen molar-refractivity contribution in [3.8, 4) is 0 Å². The molecule has 2 aromatic carbocycles. The maximum Gasteiger partial charge on any atom is 0.261 e. The summed E-state index contributed by atoms with van der Waals surface area (Å²) in [7, 11) is 0. The van der Waals surface area contributed by atoms with Crippen LogP contribution in [0.4, 0.5) is 11.4 Å². The van der Waals surface area contributed by atoms with E-state index >= 15 is 0 Å². The molecule has 3 rings (SSSR count). The Kier molecular flexibility index (Phi) is 5.52. The molecule has 0 unspecified atom stereocenters. The molecule has 0 saturated carbocycles. The van der Waals surface area contributed by atoms with Crippen LogP contribution in [0.3, 0.4) is 0 Å². The van der Waals surface area contributed by atoms with Gasteiger partial charge in [0.1, 0.15) is 11.4 Å². The molecule has 26 heavy (non-hydrogen) atoms. The van der Waals surface area contributed by atoms with E-state index in [1.165, 1.54) is 22.7 Å². The first-order chi connectivity index (χ1) is 12.6. The van der Waals surface area contributed by atoms with Crippen molar-refractivity contribution < 1.29 is 9.59 Å². The van der Waals surface area contributed by atoms with Crippen molar-refractivity contribution in [1.82, 2.24) is 4.90 Å². The first-order valence-corrected chi connectivity index (χ1v) is 9.02. The average molecular weight is 369 g/mol. The van der Waals surface area contributed by atoms with Crippen molar-refractivity contribution in [2.75, 3.05) is 12.3 Å². The number of hydrogen-bond acceptors (Lipinski definition) is 7. The van der Waals surface area contributed by atoms with Gasteiger partial charge in [-0.2, -0.15) is 0 Å². The summed E-state index contributed by atoms with van der Waals surface area (Å²) in [6.07, 6.45) is 1.43. The minimum Gasteiger partial charge on any atom is -0.274 e. The van der Waals surface area contributed by atoms with Crippen LogP contribution < -0.4 is 0 Å². The van der Waals surface area contributed by atoms with Gasteiger partial charge in [0.25, 0.3) is 11.8 Å². The normalized spacial score (nSPS) is 13.0. The zero-order valence-corrected chi connectivity index (χ0v) is 14.6. The lowest BCUT2D eigenvalue weighted by molar-refractivity contribution is 0.0652. The highest BCUT2D eigenvalue weighted by molar-refractivity contribution is 7.99. The fourth-order valence-corrected chi connectivity index (χ4v) is 3.75. The minimum atomic E-state index is -0.246. The lowest BCUT2D eigenvalue weighted by Crippen LogP contribution is -2.30. The molecule has 1 heterocycles. The molecule has 2 aromatic rings. The fourth-order valence-electron chi connectivity index (χ4n) is 2.76. The Balaban J connectivity index is 1.50. The van der Waals surface area contributed by atoms with Crippen molar-refractivity contribution in [3.63, 3.8) is 0 Å². The van der Waals surface area contributed by atoms with E-state index in [1.54, 1.807) is 36.4 Å². The van der Waals surface area contributed by atoms with Crippen molar-refractivity contribution in [2.45, 2.75) is 17.7 Å². The van der Waals surface area contributed by atoms with Gasteiger partial charge in [-0.15, -0.1) is 21.6 Å². The molecule has 0 atom stereocenters. The highest BCUT2D eigenvalue weighted by Crippen LogP contribution is 2.30. The number of imide groups is 1. The van der Waals surface area contributed by atoms with E-state index in [-0.39, 0.29) is 23.2 Å². The summed E-state index contributed by atoms with van der Waals surface area (Å²) < 4.78 is 0. The van der Waals surface area contributed by atoms with Crippen LogP contribution in [0.15, 0.2) is 57.7 Å². The van der Waals surface area contributed by atoms with Gasteiger partial charge in [-0.1, -0.05) is 12.1 Å². The van der Waals surface area contributed by atoms with Crippen LogP contribution in [-0.2, 0) is 0 Å². The standard InChI is InChI=1S/C18H15N3O4S/c22-17-15-5-1-2-6-16(15)18(23)21(17)7-3-4-8-26-14-10-12(19-24)9-13(11-14)20-25/h1-2,5-6,9-11H,3-4,7-8H2. The van der Waals surface area contributed by atoms with Gasteiger partial charge in [-0.3, -0.25) is 14.5 Å². The Labute approximate surface area is 153 Å². The fraction of sp³-hybridized carbons (Fsp3) is 0.222. The largest absolute Gasteiger partial charge is 0.274 e. The second-order valence-electron chi connectivity index (χ2n) is 5.73. The van der Waals surface area contributed by atoms with E-state index in [0.29, 0.717) is 29.8 Å². The molecule has 0 radical (unpaired) electrons. The number of carbonyl (C=O) groups is 2. The van der Waals surface area contributed by atoms with Crippen LogP contribution in [0, 0.1) is 9.81 Å². The smallest absolute Gasteiger partial charge is 0.261 e. The monoisotopic (exact) mass is 369 g/mol. The molecule has 0 spiro atoms. The summed E-state index contributed by atoms with van der Waals surface area (Å²) in [4.78, 5) is 47.8. The van der Waals surface area contributed by atoms with Gasteiger partial charge < -0.3 is 0 Å². The van der Waals surface area contributed by atoms with Gasteiger partial charge >= 0.3 is 0 Å². The molecular weight excluding hydrogens is 354 g/mol. The number of nitrogens with zero attached hydrogens (tertiary/aromatic N) is 3. The molecule has 0 bridgehead atoms. The third kappa shape index (κ3) is 3.70. The van der Waals surface area contributed by atoms with E-state index in [2.05, 4.69) is 10.4 Å². The third-order valence-corrected chi connectivity index (χ3v) is 5.07. The lowest BCUT2D eigenvalue weighted by Gasteiger charge is -2.13. The first-order valence-electron chi connectivity index (χ1n) is 8.04. The second-order valence-corrected chi connectivity index (χ2v) is 6.90. The molecule has 0 aromatic heterocycles. The molecule has 0 fully saturated rings. The molecule has 0 aliphatic carbocycles. The molecule has 132 valence electrons. The van der Waals surface area contributed by atoms with Gasteiger partial charge in [0.2, 0.25) is 0 Å². The van der Waals surface area contributed by atoms with Gasteiger partial charge in [0.15, 0.2) is 0 Å². The predicted octanol–water partition coefficient (Wildman–Crippen LogP) is 4.65. The topological polar surface area (TPSA) is 96.2 Å². The minimum absolute atomic E-state index is 0.163. The maximum atomic E-state index is 12.3. The summed E-state index contributed by atoms with van der Waals surface area (Å²) in [5.74, 6) is 0.221. The summed E-state index contributed by atoms with van der Waals surface area (Å²) in [5.41, 5.74) is 1.24. The maximum absolute atomic E-state index is 12.3. The molecular formula is C18H15N3O4S. The van der Waals surface area contributed by atoms with E-state index in [1.807, 2.05) is 0 Å². The van der Waals surface area contributed by atoms with E-state index in [9.17, 15) is 19.4 Å². The van der Waals surface area contributed by atoms with Crippen molar-refractivity contribution >= 4 is 35.0 Å². The number of hydrogen-bond donors (Lipinski definition) is 0. The Hall–Kier alpha value is -2.87. The number of nitroso groups, excluding NO2 is 2. The molecule has 8 heteroatoms. The van der Waals surface area contributed by atoms with E-state index < -0.39 is 0 Å². The second kappa shape index (κ2) is 8.01. The van der Waals surface area contributed by atoms with Gasteiger partial charge in [0.05, 0.1) is 11.1 Å². The van der Waals surface area contributed by atoms with Crippen LogP contribution in [0.2, 0.25) is 0 Å². The van der Waals surface area contributed by atoms with Crippen LogP contribution in [0.25, 0.3) is 0 Å². The number of fused-ring (bicyclic) bond motifs is 1. The molecule has 0 N–H and O–H groups in total. The van der Waals surface area contributed by atoms with E-state index in [0.717, 1.165) is 11.3 Å². The molecule has 2 amide bonds. The Morgan fingerprint density at radius 3 is 1.96 bits per heavy atom. The Morgan fingerprint density at radius 2 is 1.42 bits per heavy atom. The van der Waals surface area contributed by atoms with Crippen molar-refractivity contribution in [2.24, 2.45) is 10.4 Å². The molecule has 1 aliphatic rings. The first kappa shape index (κ1) is 17.9. The van der Waals surface area contributed by atoms with Crippen molar-refractivity contribution in [1.29, 1.82) is 0 Å². The number of rotatable bonds is 8. The number of unbranched alkanes of at least 4 members (excludes halogenated alkanes) is 1. The highest BCUT2D eigenvalue weighted by Gasteiger charge is 2.34. The van der Waals surface area contributed by atoms with Gasteiger partial charge in [-0.25, -0.2) is 0 Å². The quantitative estimate of drug-likeness (QED) is 0.292. The number of amides is 2. The number of thioether (sulfide) groups is 1. The Morgan fingerprint density at radius 1 is 0.846 bits per heavy atom. The average Bonchev–Trinajstić information content (AvgIpc) is 2.92. The summed E-state index contributed by atoms with van der Waals surface area (Å²) in [5, 5.41) is 5.66. The lowest BCUT2D eigenvalue weighted by atomic mass is 10.1. The van der Waals surface area contributed by atoms with Crippen LogP contribution >= 0.6 is 11.8 Å². The van der Waals surface area contributed by atoms with Gasteiger partial charge in [-0.05, 0) is 59.3 Å². The molecule has 7 nitrogen and oxygen atoms in total. The van der Waals surface area contributed by atoms with Crippen LogP contribution in [0.5, 0.6) is 0 Å². The number of benzene rings is 2.